The Kier molecular flexibility index (Phi) is 6.91. The highest BCUT2D eigenvalue weighted by molar-refractivity contribution is 5.86. The third-order valence-corrected chi connectivity index (χ3v) is 1.83. The molecule has 0 fully saturated rings. The van der Waals surface area contributed by atoms with E-state index in [1.165, 1.54) is 0 Å². The summed E-state index contributed by atoms with van der Waals surface area (Å²) in [6.07, 6.45) is 1.15. The fourth-order valence-corrected chi connectivity index (χ4v) is 0.924. The van der Waals surface area contributed by atoms with Crippen molar-refractivity contribution in [2.24, 2.45) is 5.92 Å². The van der Waals surface area contributed by atoms with Crippen LogP contribution in [0.5, 0.6) is 0 Å². The van der Waals surface area contributed by atoms with E-state index in [-0.39, 0.29) is 12.5 Å². The van der Waals surface area contributed by atoms with Crippen molar-refractivity contribution >= 4 is 17.8 Å². The molecule has 0 aliphatic heterocycles. The van der Waals surface area contributed by atoms with E-state index in [4.69, 9.17) is 5.11 Å². The predicted octanol–water partition coefficient (Wildman–Crippen LogP) is -0.260. The van der Waals surface area contributed by atoms with Crippen molar-refractivity contribution < 1.29 is 19.5 Å². The second-order valence-corrected chi connectivity index (χ2v) is 3.88. The lowest BCUT2D eigenvalue weighted by Crippen LogP contribution is -2.39. The molecule has 0 unspecified atom stereocenters. The average molecular weight is 230 g/mol. The van der Waals surface area contributed by atoms with Crippen LogP contribution in [0.25, 0.3) is 0 Å². The number of aliphatic carboxylic acids is 1. The first-order valence-corrected chi connectivity index (χ1v) is 5.17. The van der Waals surface area contributed by atoms with Crippen LogP contribution in [-0.4, -0.2) is 36.0 Å². The van der Waals surface area contributed by atoms with Gasteiger partial charge in [-0.1, -0.05) is 13.8 Å². The van der Waals surface area contributed by atoms with Crippen molar-refractivity contribution in [1.82, 2.24) is 10.6 Å². The van der Waals surface area contributed by atoms with E-state index < -0.39 is 18.4 Å². The Hall–Kier alpha value is -1.59. The maximum atomic E-state index is 11.2. The normalized spacial score (nSPS) is 9.94. The largest absolute Gasteiger partial charge is 0.480 e. The molecule has 0 saturated carbocycles. The second kappa shape index (κ2) is 7.67. The molecule has 0 aromatic heterocycles. The van der Waals surface area contributed by atoms with Crippen molar-refractivity contribution in [3.8, 4) is 0 Å². The van der Waals surface area contributed by atoms with Crippen LogP contribution < -0.4 is 10.6 Å². The lowest BCUT2D eigenvalue weighted by atomic mass is 10.1. The first kappa shape index (κ1) is 14.4. The Labute approximate surface area is 94.4 Å². The van der Waals surface area contributed by atoms with Gasteiger partial charge >= 0.3 is 5.97 Å². The minimum Gasteiger partial charge on any atom is -0.480 e. The highest BCUT2D eigenvalue weighted by Gasteiger charge is 2.07. The quantitative estimate of drug-likeness (QED) is 0.561. The Bertz CT molecular complexity index is 264. The smallest absolute Gasteiger partial charge is 0.322 e. The van der Waals surface area contributed by atoms with E-state index in [1.807, 2.05) is 13.8 Å². The highest BCUT2D eigenvalue weighted by Crippen LogP contribution is 2.02. The van der Waals surface area contributed by atoms with Crippen LogP contribution in [0.2, 0.25) is 0 Å². The molecule has 16 heavy (non-hydrogen) atoms. The molecule has 0 rings (SSSR count). The molecular weight excluding hydrogens is 212 g/mol. The number of carboxylic acids is 1. The maximum Gasteiger partial charge on any atom is 0.322 e. The summed E-state index contributed by atoms with van der Waals surface area (Å²) in [5.41, 5.74) is 0. The zero-order valence-electron chi connectivity index (χ0n) is 9.58. The van der Waals surface area contributed by atoms with Crippen LogP contribution in [0.1, 0.15) is 26.7 Å². The Morgan fingerprint density at radius 2 is 1.62 bits per heavy atom. The SMILES string of the molecule is CC(C)CCC(=O)NCC(=O)NCC(=O)O. The van der Waals surface area contributed by atoms with E-state index in [2.05, 4.69) is 10.6 Å². The van der Waals surface area contributed by atoms with Crippen molar-refractivity contribution in [3.05, 3.63) is 0 Å². The van der Waals surface area contributed by atoms with Crippen LogP contribution in [0, 0.1) is 5.92 Å². The molecule has 0 atom stereocenters. The number of carbonyl (C=O) groups is 3. The van der Waals surface area contributed by atoms with E-state index in [9.17, 15) is 14.4 Å². The molecule has 0 aliphatic carbocycles. The van der Waals surface area contributed by atoms with Crippen molar-refractivity contribution in [2.75, 3.05) is 13.1 Å². The molecule has 2 amide bonds. The molecule has 3 N–H and O–H groups in total. The summed E-state index contributed by atoms with van der Waals surface area (Å²) < 4.78 is 0. The van der Waals surface area contributed by atoms with Crippen LogP contribution in [0.3, 0.4) is 0 Å². The van der Waals surface area contributed by atoms with Gasteiger partial charge in [0.2, 0.25) is 11.8 Å². The highest BCUT2D eigenvalue weighted by atomic mass is 16.4. The van der Waals surface area contributed by atoms with E-state index in [0.717, 1.165) is 6.42 Å². The number of amides is 2. The third-order valence-electron chi connectivity index (χ3n) is 1.83. The molecule has 0 spiro atoms. The minimum atomic E-state index is -1.11. The van der Waals surface area contributed by atoms with Crippen LogP contribution in [0.15, 0.2) is 0 Å². The molecule has 0 radical (unpaired) electrons. The van der Waals surface area contributed by atoms with Gasteiger partial charge in [-0.15, -0.1) is 0 Å². The molecule has 0 bridgehead atoms. The summed E-state index contributed by atoms with van der Waals surface area (Å²) in [5, 5.41) is 12.8. The number of carboxylic acid groups (broad SMARTS) is 1. The summed E-state index contributed by atoms with van der Waals surface area (Å²) in [5.74, 6) is -1.37. The zero-order valence-corrected chi connectivity index (χ0v) is 9.58. The summed E-state index contributed by atoms with van der Waals surface area (Å²) in [6, 6.07) is 0. The van der Waals surface area contributed by atoms with Gasteiger partial charge in [0.1, 0.15) is 6.54 Å². The van der Waals surface area contributed by atoms with Gasteiger partial charge in [-0.05, 0) is 12.3 Å². The van der Waals surface area contributed by atoms with Gasteiger partial charge in [0.25, 0.3) is 0 Å². The molecule has 0 saturated heterocycles. The third kappa shape index (κ3) is 8.98. The zero-order chi connectivity index (χ0) is 12.6. The number of hydrogen-bond donors (Lipinski definition) is 3. The first-order chi connectivity index (χ1) is 7.41. The molecule has 0 heterocycles. The van der Waals surface area contributed by atoms with Gasteiger partial charge in [0, 0.05) is 6.42 Å². The Morgan fingerprint density at radius 3 is 2.12 bits per heavy atom. The van der Waals surface area contributed by atoms with Crippen LogP contribution in [0.4, 0.5) is 0 Å². The molecular formula is C10H18N2O4. The van der Waals surface area contributed by atoms with E-state index >= 15 is 0 Å². The van der Waals surface area contributed by atoms with Crippen LogP contribution in [-0.2, 0) is 14.4 Å². The lowest BCUT2D eigenvalue weighted by Gasteiger charge is -2.06. The predicted molar refractivity (Wildman–Crippen MR) is 57.7 cm³/mol. The van der Waals surface area contributed by atoms with E-state index in [0.29, 0.717) is 12.3 Å². The number of rotatable bonds is 7. The second-order valence-electron chi connectivity index (χ2n) is 3.88. The van der Waals surface area contributed by atoms with Gasteiger partial charge in [-0.3, -0.25) is 14.4 Å². The molecule has 0 aliphatic rings. The topological polar surface area (TPSA) is 95.5 Å². The minimum absolute atomic E-state index is 0.176. The fourth-order valence-electron chi connectivity index (χ4n) is 0.924. The number of hydrogen-bond acceptors (Lipinski definition) is 3. The van der Waals surface area contributed by atoms with E-state index in [1.54, 1.807) is 0 Å². The standard InChI is InChI=1S/C10H18N2O4/c1-7(2)3-4-8(13)11-5-9(14)12-6-10(15)16/h7H,3-6H2,1-2H3,(H,11,13)(H,12,14)(H,15,16). The molecule has 6 heteroatoms. The summed E-state index contributed by atoms with van der Waals surface area (Å²) >= 11 is 0. The van der Waals surface area contributed by atoms with Gasteiger partial charge in [-0.25, -0.2) is 0 Å². The maximum absolute atomic E-state index is 11.2. The van der Waals surface area contributed by atoms with Gasteiger partial charge < -0.3 is 15.7 Å². The first-order valence-electron chi connectivity index (χ1n) is 5.17. The monoisotopic (exact) mass is 230 g/mol. The summed E-state index contributed by atoms with van der Waals surface area (Å²) in [4.78, 5) is 32.3. The van der Waals surface area contributed by atoms with Gasteiger partial charge in [-0.2, -0.15) is 0 Å². The Morgan fingerprint density at radius 1 is 1.06 bits per heavy atom. The fraction of sp³-hybridized carbons (Fsp3) is 0.700. The molecule has 92 valence electrons. The molecule has 0 aromatic carbocycles. The Balaban J connectivity index is 3.59. The number of carbonyl (C=O) groups excluding carboxylic acids is 2. The number of nitrogens with one attached hydrogen (secondary N) is 2. The van der Waals surface area contributed by atoms with Crippen LogP contribution >= 0.6 is 0 Å². The average Bonchev–Trinajstić information content (AvgIpc) is 2.20. The van der Waals surface area contributed by atoms with Crippen molar-refractivity contribution in [2.45, 2.75) is 26.7 Å². The summed E-state index contributed by atoms with van der Waals surface area (Å²) in [7, 11) is 0. The van der Waals surface area contributed by atoms with Crippen molar-refractivity contribution in [1.29, 1.82) is 0 Å². The van der Waals surface area contributed by atoms with Gasteiger partial charge in [0.05, 0.1) is 6.54 Å². The lowest BCUT2D eigenvalue weighted by molar-refractivity contribution is -0.137. The van der Waals surface area contributed by atoms with Gasteiger partial charge in [0.15, 0.2) is 0 Å². The van der Waals surface area contributed by atoms with Crippen molar-refractivity contribution in [3.63, 3.8) is 0 Å². The molecule has 6 nitrogen and oxygen atoms in total. The summed E-state index contributed by atoms with van der Waals surface area (Å²) in [6.45, 7) is 3.41. The molecule has 0 aromatic rings.